The average Bonchev–Trinajstić information content (AvgIpc) is 2.53. The summed E-state index contributed by atoms with van der Waals surface area (Å²) >= 11 is 0. The molecule has 0 aliphatic carbocycles. The monoisotopic (exact) mass is 287 g/mol. The molecule has 0 aliphatic rings. The van der Waals surface area contributed by atoms with E-state index in [0.717, 1.165) is 17.7 Å². The number of rotatable bonds is 6. The van der Waals surface area contributed by atoms with Gasteiger partial charge in [-0.2, -0.15) is 0 Å². The van der Waals surface area contributed by atoms with Gasteiger partial charge in [-0.1, -0.05) is 44.2 Å². The molecular formula is C18H22FNO. The number of hydrogen-bond acceptors (Lipinski definition) is 2. The normalized spacial score (nSPS) is 12.2. The van der Waals surface area contributed by atoms with Crippen molar-refractivity contribution >= 4 is 0 Å². The van der Waals surface area contributed by atoms with Crippen LogP contribution in [0.2, 0.25) is 0 Å². The Morgan fingerprint density at radius 3 is 2.62 bits per heavy atom. The van der Waals surface area contributed by atoms with Gasteiger partial charge in [0.2, 0.25) is 0 Å². The van der Waals surface area contributed by atoms with Crippen LogP contribution in [0.3, 0.4) is 0 Å². The van der Waals surface area contributed by atoms with Gasteiger partial charge in [-0.15, -0.1) is 0 Å². The maximum atomic E-state index is 13.9. The van der Waals surface area contributed by atoms with Crippen LogP contribution in [0.1, 0.15) is 42.9 Å². The molecule has 2 nitrogen and oxygen atoms in total. The van der Waals surface area contributed by atoms with Crippen LogP contribution in [0.25, 0.3) is 0 Å². The van der Waals surface area contributed by atoms with Gasteiger partial charge < -0.3 is 10.5 Å². The number of hydrogen-bond donors (Lipinski definition) is 1. The van der Waals surface area contributed by atoms with E-state index in [9.17, 15) is 4.39 Å². The van der Waals surface area contributed by atoms with Crippen molar-refractivity contribution in [1.82, 2.24) is 0 Å². The van der Waals surface area contributed by atoms with E-state index in [0.29, 0.717) is 18.0 Å². The van der Waals surface area contributed by atoms with Gasteiger partial charge in [0.05, 0.1) is 0 Å². The molecule has 2 aromatic carbocycles. The number of nitrogens with two attached hydrogens (primary N) is 1. The Labute approximate surface area is 125 Å². The van der Waals surface area contributed by atoms with Crippen LogP contribution in [-0.2, 0) is 13.2 Å². The zero-order valence-corrected chi connectivity index (χ0v) is 12.6. The van der Waals surface area contributed by atoms with E-state index < -0.39 is 0 Å². The Morgan fingerprint density at radius 2 is 1.95 bits per heavy atom. The first-order valence-corrected chi connectivity index (χ1v) is 7.34. The minimum absolute atomic E-state index is 0.226. The molecule has 0 heterocycles. The molecule has 21 heavy (non-hydrogen) atoms. The van der Waals surface area contributed by atoms with Gasteiger partial charge in [0, 0.05) is 12.1 Å². The third-order valence-electron chi connectivity index (χ3n) is 3.80. The van der Waals surface area contributed by atoms with Crippen molar-refractivity contribution in [3.8, 4) is 5.75 Å². The van der Waals surface area contributed by atoms with Crippen LogP contribution in [0, 0.1) is 5.82 Å². The third kappa shape index (κ3) is 3.82. The second kappa shape index (κ2) is 7.23. The van der Waals surface area contributed by atoms with E-state index in [1.54, 1.807) is 6.07 Å². The van der Waals surface area contributed by atoms with Gasteiger partial charge >= 0.3 is 0 Å². The maximum absolute atomic E-state index is 13.9. The van der Waals surface area contributed by atoms with Crippen LogP contribution >= 0.6 is 0 Å². The number of halogens is 1. The Kier molecular flexibility index (Phi) is 5.34. The van der Waals surface area contributed by atoms with E-state index in [2.05, 4.69) is 19.9 Å². The van der Waals surface area contributed by atoms with Crippen molar-refractivity contribution in [3.05, 3.63) is 65.0 Å². The summed E-state index contributed by atoms with van der Waals surface area (Å²) in [6.07, 6.45) is 1.04. The fraction of sp³-hybridized carbons (Fsp3) is 0.333. The first-order valence-electron chi connectivity index (χ1n) is 7.34. The van der Waals surface area contributed by atoms with Crippen LogP contribution in [-0.4, -0.2) is 0 Å². The number of ether oxygens (including phenoxy) is 1. The quantitative estimate of drug-likeness (QED) is 0.856. The van der Waals surface area contributed by atoms with Crippen molar-refractivity contribution in [1.29, 1.82) is 0 Å². The Bertz CT molecular complexity index is 598. The van der Waals surface area contributed by atoms with Gasteiger partial charge in [0.25, 0.3) is 0 Å². The Hall–Kier alpha value is -1.87. The lowest BCUT2D eigenvalue weighted by molar-refractivity contribution is 0.295. The van der Waals surface area contributed by atoms with E-state index in [1.165, 1.54) is 11.6 Å². The molecule has 0 saturated heterocycles. The second-order valence-corrected chi connectivity index (χ2v) is 5.27. The molecule has 1 unspecified atom stereocenters. The lowest BCUT2D eigenvalue weighted by Gasteiger charge is -2.16. The molecule has 2 N–H and O–H groups in total. The van der Waals surface area contributed by atoms with Crippen LogP contribution in [0.4, 0.5) is 4.39 Å². The molecular weight excluding hydrogens is 265 g/mol. The lowest BCUT2D eigenvalue weighted by Crippen LogP contribution is -2.04. The van der Waals surface area contributed by atoms with Crippen molar-refractivity contribution in [2.75, 3.05) is 0 Å². The fourth-order valence-electron chi connectivity index (χ4n) is 2.23. The zero-order chi connectivity index (χ0) is 15.2. The highest BCUT2D eigenvalue weighted by Crippen LogP contribution is 2.29. The van der Waals surface area contributed by atoms with Gasteiger partial charge in [0.15, 0.2) is 0 Å². The van der Waals surface area contributed by atoms with Gasteiger partial charge in [-0.25, -0.2) is 4.39 Å². The number of benzene rings is 2. The topological polar surface area (TPSA) is 35.2 Å². The predicted octanol–water partition coefficient (Wildman–Crippen LogP) is 4.38. The van der Waals surface area contributed by atoms with E-state index in [-0.39, 0.29) is 12.4 Å². The Balaban J connectivity index is 2.13. The summed E-state index contributed by atoms with van der Waals surface area (Å²) in [5.41, 5.74) is 8.01. The zero-order valence-electron chi connectivity index (χ0n) is 12.6. The molecule has 0 saturated carbocycles. The SMILES string of the molecule is CCC(C)c1ccccc1OCc1ccc(CN)cc1F. The van der Waals surface area contributed by atoms with Crippen molar-refractivity contribution in [3.63, 3.8) is 0 Å². The molecule has 2 aromatic rings. The number of para-hydroxylation sites is 1. The highest BCUT2D eigenvalue weighted by atomic mass is 19.1. The molecule has 0 bridgehead atoms. The van der Waals surface area contributed by atoms with E-state index >= 15 is 0 Å². The molecule has 0 radical (unpaired) electrons. The molecule has 112 valence electrons. The summed E-state index contributed by atoms with van der Waals surface area (Å²) in [5.74, 6) is 0.985. The second-order valence-electron chi connectivity index (χ2n) is 5.27. The molecule has 1 atom stereocenters. The molecule has 0 aromatic heterocycles. The minimum atomic E-state index is -0.265. The highest BCUT2D eigenvalue weighted by Gasteiger charge is 2.10. The molecule has 3 heteroatoms. The smallest absolute Gasteiger partial charge is 0.130 e. The highest BCUT2D eigenvalue weighted by molar-refractivity contribution is 5.36. The van der Waals surface area contributed by atoms with Crippen molar-refractivity contribution in [2.45, 2.75) is 39.3 Å². The van der Waals surface area contributed by atoms with Gasteiger partial charge in [0.1, 0.15) is 18.2 Å². The summed E-state index contributed by atoms with van der Waals surface area (Å²) in [5, 5.41) is 0. The van der Waals surface area contributed by atoms with Crippen LogP contribution in [0.15, 0.2) is 42.5 Å². The summed E-state index contributed by atoms with van der Waals surface area (Å²) in [7, 11) is 0. The van der Waals surface area contributed by atoms with Crippen LogP contribution in [0.5, 0.6) is 5.75 Å². The molecule has 0 spiro atoms. The van der Waals surface area contributed by atoms with Gasteiger partial charge in [-0.05, 0) is 35.6 Å². The average molecular weight is 287 g/mol. The third-order valence-corrected chi connectivity index (χ3v) is 3.80. The van der Waals surface area contributed by atoms with Crippen LogP contribution < -0.4 is 10.5 Å². The fourth-order valence-corrected chi connectivity index (χ4v) is 2.23. The van der Waals surface area contributed by atoms with E-state index in [1.807, 2.05) is 24.3 Å². The maximum Gasteiger partial charge on any atom is 0.130 e. The van der Waals surface area contributed by atoms with Crippen molar-refractivity contribution < 1.29 is 9.13 Å². The molecule has 2 rings (SSSR count). The summed E-state index contributed by atoms with van der Waals surface area (Å²) in [4.78, 5) is 0. The summed E-state index contributed by atoms with van der Waals surface area (Å²) in [6, 6.07) is 13.0. The Morgan fingerprint density at radius 1 is 1.19 bits per heavy atom. The lowest BCUT2D eigenvalue weighted by atomic mass is 9.98. The largest absolute Gasteiger partial charge is 0.489 e. The first kappa shape index (κ1) is 15.5. The minimum Gasteiger partial charge on any atom is -0.489 e. The first-order chi connectivity index (χ1) is 10.2. The predicted molar refractivity (Wildman–Crippen MR) is 83.8 cm³/mol. The van der Waals surface area contributed by atoms with E-state index in [4.69, 9.17) is 10.5 Å². The molecule has 0 amide bonds. The van der Waals surface area contributed by atoms with Crippen molar-refractivity contribution in [2.24, 2.45) is 5.73 Å². The standard InChI is InChI=1S/C18H22FNO/c1-3-13(2)16-6-4-5-7-18(16)21-12-15-9-8-14(11-20)10-17(15)19/h4-10,13H,3,11-12,20H2,1-2H3. The van der Waals surface area contributed by atoms with Gasteiger partial charge in [-0.3, -0.25) is 0 Å². The molecule has 0 fully saturated rings. The molecule has 0 aliphatic heterocycles. The summed E-state index contributed by atoms with van der Waals surface area (Å²) < 4.78 is 19.8. The summed E-state index contributed by atoms with van der Waals surface area (Å²) in [6.45, 7) is 4.88.